The summed E-state index contributed by atoms with van der Waals surface area (Å²) in [7, 11) is 1.50. The molecule has 10 nitrogen and oxygen atoms in total. The van der Waals surface area contributed by atoms with E-state index in [0.29, 0.717) is 55.5 Å². The van der Waals surface area contributed by atoms with Gasteiger partial charge in [0.2, 0.25) is 11.8 Å². The summed E-state index contributed by atoms with van der Waals surface area (Å²) in [5.74, 6) is -1.77. The molecular weight excluding hydrogens is 697 g/mol. The molecule has 1 unspecified atom stereocenters. The number of carbonyl (C=O) groups excluding carboxylic acids is 3. The van der Waals surface area contributed by atoms with Crippen LogP contribution in [-0.4, -0.2) is 53.7 Å². The van der Waals surface area contributed by atoms with Crippen LogP contribution >= 0.6 is 0 Å². The zero-order chi connectivity index (χ0) is 40.3. The van der Waals surface area contributed by atoms with Crippen LogP contribution in [0, 0.1) is 6.92 Å². The largest absolute Gasteiger partial charge is 0.507 e. The number of fused-ring (bicyclic) bond motifs is 1. The highest BCUT2D eigenvalue weighted by atomic mass is 16.5. The summed E-state index contributed by atoms with van der Waals surface area (Å²) in [6, 6.07) is -1.02. The van der Waals surface area contributed by atoms with Gasteiger partial charge in [0, 0.05) is 30.5 Å². The first-order valence-electron chi connectivity index (χ1n) is 19.5. The SMILES string of the molecule is CCC=CCC=CCC=CCC=CCC=CCC=CCCC(=O)NCCCCC(NC(=O)CCC(C)=CCc1c(O)c2c(c(C)c1OC)COC2=O)C(=O)O. The molecule has 2 amide bonds. The first-order chi connectivity index (χ1) is 26.6. The number of amides is 2. The lowest BCUT2D eigenvalue weighted by molar-refractivity contribution is -0.142. The fourth-order valence-corrected chi connectivity index (χ4v) is 5.88. The average molecular weight is 759 g/mol. The number of aliphatic carboxylic acids is 1. The monoisotopic (exact) mass is 758 g/mol. The van der Waals surface area contributed by atoms with Gasteiger partial charge in [-0.25, -0.2) is 9.59 Å². The molecule has 1 aromatic rings. The van der Waals surface area contributed by atoms with Crippen LogP contribution in [0.2, 0.25) is 0 Å². The highest BCUT2D eigenvalue weighted by molar-refractivity contribution is 5.98. The van der Waals surface area contributed by atoms with Gasteiger partial charge < -0.3 is 30.3 Å². The number of carboxylic acid groups (broad SMARTS) is 1. The third-order valence-corrected chi connectivity index (χ3v) is 9.06. The Morgan fingerprint density at radius 2 is 1.42 bits per heavy atom. The number of aromatic hydroxyl groups is 1. The summed E-state index contributed by atoms with van der Waals surface area (Å²) in [5, 5.41) is 25.9. The first-order valence-corrected chi connectivity index (χ1v) is 19.5. The number of rotatable bonds is 27. The maximum absolute atomic E-state index is 12.6. The van der Waals surface area contributed by atoms with Crippen molar-refractivity contribution in [1.82, 2.24) is 10.6 Å². The number of unbranched alkanes of at least 4 members (excludes halogenated alkanes) is 1. The summed E-state index contributed by atoms with van der Waals surface area (Å²) in [6.07, 6.45) is 36.5. The van der Waals surface area contributed by atoms with E-state index in [9.17, 15) is 29.4 Å². The zero-order valence-electron chi connectivity index (χ0n) is 33.2. The number of benzene rings is 1. The molecule has 10 heteroatoms. The van der Waals surface area contributed by atoms with E-state index in [0.717, 1.165) is 49.7 Å². The lowest BCUT2D eigenvalue weighted by atomic mass is 9.94. The Bertz CT molecular complexity index is 1610. The minimum absolute atomic E-state index is 0.0477. The molecule has 2 rings (SSSR count). The second kappa shape index (κ2) is 27.5. The van der Waals surface area contributed by atoms with Gasteiger partial charge in [-0.05, 0) is 96.5 Å². The number of carbonyl (C=O) groups is 4. The van der Waals surface area contributed by atoms with Gasteiger partial charge in [0.15, 0.2) is 0 Å². The van der Waals surface area contributed by atoms with E-state index in [4.69, 9.17) is 9.47 Å². The maximum Gasteiger partial charge on any atom is 0.342 e. The molecule has 0 aromatic heterocycles. The lowest BCUT2D eigenvalue weighted by Crippen LogP contribution is -2.40. The first kappa shape index (κ1) is 46.0. The van der Waals surface area contributed by atoms with Crippen LogP contribution in [0.25, 0.3) is 0 Å². The molecular formula is C45H62N2O8. The number of hydrogen-bond donors (Lipinski definition) is 4. The number of hydrogen-bond acceptors (Lipinski definition) is 7. The minimum atomic E-state index is -1.10. The Morgan fingerprint density at radius 3 is 1.98 bits per heavy atom. The highest BCUT2D eigenvalue weighted by Crippen LogP contribution is 2.42. The van der Waals surface area contributed by atoms with E-state index in [1.807, 2.05) is 26.0 Å². The van der Waals surface area contributed by atoms with E-state index in [2.05, 4.69) is 84.4 Å². The van der Waals surface area contributed by atoms with Crippen LogP contribution in [-0.2, 0) is 32.1 Å². The molecule has 0 bridgehead atoms. The maximum atomic E-state index is 12.6. The number of cyclic esters (lactones) is 1. The number of phenolic OH excluding ortho intramolecular Hbond substituents is 1. The van der Waals surface area contributed by atoms with Crippen molar-refractivity contribution in [3.63, 3.8) is 0 Å². The summed E-state index contributed by atoms with van der Waals surface area (Å²) < 4.78 is 10.6. The fraction of sp³-hybridized carbons (Fsp3) is 0.467. The number of phenols is 1. The Balaban J connectivity index is 1.57. The number of nitrogens with one attached hydrogen (secondary N) is 2. The quantitative estimate of drug-likeness (QED) is 0.0394. The molecule has 1 heterocycles. The van der Waals surface area contributed by atoms with Crippen molar-refractivity contribution in [2.75, 3.05) is 13.7 Å². The summed E-state index contributed by atoms with van der Waals surface area (Å²) in [5.41, 5.74) is 2.85. The van der Waals surface area contributed by atoms with Crippen molar-refractivity contribution in [3.05, 3.63) is 107 Å². The molecule has 300 valence electrons. The predicted octanol–water partition coefficient (Wildman–Crippen LogP) is 8.98. The number of esters is 1. The van der Waals surface area contributed by atoms with Crippen molar-refractivity contribution in [1.29, 1.82) is 0 Å². The summed E-state index contributed by atoms with van der Waals surface area (Å²) >= 11 is 0. The van der Waals surface area contributed by atoms with Crippen LogP contribution in [0.15, 0.2) is 84.6 Å². The molecule has 4 N–H and O–H groups in total. The van der Waals surface area contributed by atoms with Gasteiger partial charge in [-0.3, -0.25) is 9.59 Å². The molecule has 0 fully saturated rings. The van der Waals surface area contributed by atoms with Crippen molar-refractivity contribution in [3.8, 4) is 11.5 Å². The highest BCUT2D eigenvalue weighted by Gasteiger charge is 2.32. The number of methoxy groups -OCH3 is 1. The van der Waals surface area contributed by atoms with E-state index in [1.54, 1.807) is 0 Å². The van der Waals surface area contributed by atoms with Crippen LogP contribution < -0.4 is 15.4 Å². The van der Waals surface area contributed by atoms with Gasteiger partial charge >= 0.3 is 11.9 Å². The van der Waals surface area contributed by atoms with Gasteiger partial charge in [0.1, 0.15) is 29.7 Å². The second-order valence-electron chi connectivity index (χ2n) is 13.4. The average Bonchev–Trinajstić information content (AvgIpc) is 3.56. The van der Waals surface area contributed by atoms with Crippen molar-refractivity contribution in [2.24, 2.45) is 0 Å². The van der Waals surface area contributed by atoms with Gasteiger partial charge in [0.25, 0.3) is 0 Å². The summed E-state index contributed by atoms with van der Waals surface area (Å²) in [4.78, 5) is 48.7. The van der Waals surface area contributed by atoms with Crippen LogP contribution in [0.1, 0.15) is 124 Å². The molecule has 0 radical (unpaired) electrons. The molecule has 1 aliphatic heterocycles. The van der Waals surface area contributed by atoms with Crippen molar-refractivity contribution in [2.45, 2.75) is 123 Å². The van der Waals surface area contributed by atoms with Gasteiger partial charge in [-0.1, -0.05) is 91.5 Å². The smallest absolute Gasteiger partial charge is 0.342 e. The fourth-order valence-electron chi connectivity index (χ4n) is 5.88. The number of carboxylic acids is 1. The molecule has 0 saturated carbocycles. The Kier molecular flexibility index (Phi) is 23.0. The summed E-state index contributed by atoms with van der Waals surface area (Å²) in [6.45, 7) is 6.33. The van der Waals surface area contributed by atoms with E-state index < -0.39 is 18.0 Å². The Labute approximate surface area is 327 Å². The molecule has 1 aromatic carbocycles. The molecule has 0 spiro atoms. The van der Waals surface area contributed by atoms with Crippen LogP contribution in [0.5, 0.6) is 11.5 Å². The van der Waals surface area contributed by atoms with Crippen LogP contribution in [0.3, 0.4) is 0 Å². The molecule has 0 saturated heterocycles. The van der Waals surface area contributed by atoms with E-state index in [1.165, 1.54) is 7.11 Å². The third-order valence-electron chi connectivity index (χ3n) is 9.06. The van der Waals surface area contributed by atoms with Crippen molar-refractivity contribution < 1.29 is 38.9 Å². The van der Waals surface area contributed by atoms with Crippen molar-refractivity contribution >= 4 is 23.8 Å². The van der Waals surface area contributed by atoms with Gasteiger partial charge in [-0.2, -0.15) is 0 Å². The van der Waals surface area contributed by atoms with Gasteiger partial charge in [0.05, 0.1) is 7.11 Å². The zero-order valence-corrected chi connectivity index (χ0v) is 33.2. The number of ether oxygens (including phenoxy) is 2. The normalized spacial score (nSPS) is 13.9. The predicted molar refractivity (Wildman–Crippen MR) is 219 cm³/mol. The Morgan fingerprint density at radius 1 is 0.836 bits per heavy atom. The van der Waals surface area contributed by atoms with E-state index >= 15 is 0 Å². The standard InChI is InChI=1S/C45H62N2O8/c1-5-6-7-8-9-10-11-12-13-14-15-16-17-18-19-20-21-22-23-27-39(48)46-32-25-24-26-38(44(51)52)47-40(49)31-29-34(2)28-30-36-42(50)41-37(33-55-45(41)53)35(3)43(36)54-4/h6-7,9-10,12-13,15-16,18-19,21-22,28,38,50H,5,8,11,14,17,20,23-27,29-33H2,1-4H3,(H,46,48)(H,47,49)(H,51,52). The second-order valence-corrected chi connectivity index (χ2v) is 13.4. The third kappa shape index (κ3) is 18.2. The molecule has 1 atom stereocenters. The number of allylic oxidation sites excluding steroid dienone is 14. The van der Waals surface area contributed by atoms with Gasteiger partial charge in [-0.15, -0.1) is 0 Å². The van der Waals surface area contributed by atoms with E-state index in [-0.39, 0.29) is 49.0 Å². The topological polar surface area (TPSA) is 151 Å². The van der Waals surface area contributed by atoms with Crippen LogP contribution in [0.4, 0.5) is 0 Å². The molecule has 55 heavy (non-hydrogen) atoms. The molecule has 0 aliphatic carbocycles. The lowest BCUT2D eigenvalue weighted by Gasteiger charge is -2.16. The molecule has 1 aliphatic rings. The Hall–Kier alpha value is -5.12. The minimum Gasteiger partial charge on any atom is -0.507 e.